The third kappa shape index (κ3) is 5.39. The number of nitriles is 1. The topological polar surface area (TPSA) is 68.6 Å². The Kier molecular flexibility index (Phi) is 7.55. The van der Waals surface area contributed by atoms with Gasteiger partial charge in [0.25, 0.3) is 0 Å². The van der Waals surface area contributed by atoms with Crippen molar-refractivity contribution in [1.29, 1.82) is 5.26 Å². The molecule has 0 aliphatic heterocycles. The van der Waals surface area contributed by atoms with E-state index in [4.69, 9.17) is 37.9 Å². The van der Waals surface area contributed by atoms with E-state index in [2.05, 4.69) is 20.7 Å². The number of rotatable bonds is 6. The number of methoxy groups -OCH3 is 2. The van der Waals surface area contributed by atoms with Gasteiger partial charge in [0.05, 0.1) is 14.2 Å². The molecular weight excluding hydrogens is 457 g/mol. The summed E-state index contributed by atoms with van der Waals surface area (Å²) in [5.41, 5.74) is 1.19. The van der Waals surface area contributed by atoms with Gasteiger partial charge in [0, 0.05) is 20.1 Å². The van der Waals surface area contributed by atoms with Gasteiger partial charge in [-0.3, -0.25) is 0 Å². The van der Waals surface area contributed by atoms with Crippen LogP contribution in [-0.2, 0) is 16.1 Å². The molecule has 0 saturated carbocycles. The lowest BCUT2D eigenvalue weighted by atomic mass is 10.1. The Labute approximate surface area is 175 Å². The SMILES string of the molecule is COC(=O)C(C#N)=Cc1cc(OC)c(OCc2ccc(Cl)cc2Cl)cc1Br. The van der Waals surface area contributed by atoms with Crippen molar-refractivity contribution < 1.29 is 19.0 Å². The molecule has 0 heterocycles. The molecule has 0 saturated heterocycles. The first-order valence-electron chi connectivity index (χ1n) is 7.54. The number of benzene rings is 2. The molecule has 0 bridgehead atoms. The van der Waals surface area contributed by atoms with E-state index in [0.717, 1.165) is 5.56 Å². The van der Waals surface area contributed by atoms with E-state index < -0.39 is 5.97 Å². The second-order valence-electron chi connectivity index (χ2n) is 5.21. The fourth-order valence-electron chi connectivity index (χ4n) is 2.13. The summed E-state index contributed by atoms with van der Waals surface area (Å²) in [7, 11) is 2.70. The van der Waals surface area contributed by atoms with Crippen LogP contribution in [0, 0.1) is 11.3 Å². The van der Waals surface area contributed by atoms with E-state index in [1.807, 2.05) is 0 Å². The summed E-state index contributed by atoms with van der Waals surface area (Å²) < 4.78 is 16.4. The molecule has 2 aromatic rings. The highest BCUT2D eigenvalue weighted by atomic mass is 79.9. The van der Waals surface area contributed by atoms with E-state index >= 15 is 0 Å². The molecule has 2 aromatic carbocycles. The van der Waals surface area contributed by atoms with Crippen LogP contribution in [0.5, 0.6) is 11.5 Å². The van der Waals surface area contributed by atoms with Gasteiger partial charge in [0.2, 0.25) is 0 Å². The molecule has 0 unspecified atom stereocenters. The predicted octanol–water partition coefficient (Wildman–Crippen LogP) is 5.42. The highest BCUT2D eigenvalue weighted by molar-refractivity contribution is 9.10. The average Bonchev–Trinajstić information content (AvgIpc) is 2.65. The Hall–Kier alpha value is -2.20. The highest BCUT2D eigenvalue weighted by Crippen LogP contribution is 2.35. The molecule has 5 nitrogen and oxygen atoms in total. The number of ether oxygens (including phenoxy) is 3. The van der Waals surface area contributed by atoms with Crippen molar-refractivity contribution in [2.45, 2.75) is 6.61 Å². The van der Waals surface area contributed by atoms with Gasteiger partial charge in [-0.1, -0.05) is 45.2 Å². The first-order chi connectivity index (χ1) is 12.9. The quantitative estimate of drug-likeness (QED) is 0.320. The summed E-state index contributed by atoms with van der Waals surface area (Å²) in [5, 5.41) is 10.1. The summed E-state index contributed by atoms with van der Waals surface area (Å²) in [6, 6.07) is 10.3. The Bertz CT molecular complexity index is 938. The third-order valence-electron chi connectivity index (χ3n) is 3.51. The molecule has 0 radical (unpaired) electrons. The van der Waals surface area contributed by atoms with Gasteiger partial charge >= 0.3 is 5.97 Å². The van der Waals surface area contributed by atoms with Gasteiger partial charge in [-0.15, -0.1) is 0 Å². The van der Waals surface area contributed by atoms with Gasteiger partial charge < -0.3 is 14.2 Å². The van der Waals surface area contributed by atoms with Gasteiger partial charge in [0.1, 0.15) is 18.2 Å². The van der Waals surface area contributed by atoms with E-state index in [1.54, 1.807) is 36.4 Å². The highest BCUT2D eigenvalue weighted by Gasteiger charge is 2.14. The van der Waals surface area contributed by atoms with Crippen molar-refractivity contribution in [3.8, 4) is 17.6 Å². The van der Waals surface area contributed by atoms with Crippen molar-refractivity contribution in [3.63, 3.8) is 0 Å². The normalized spacial score (nSPS) is 10.9. The van der Waals surface area contributed by atoms with Crippen LogP contribution in [-0.4, -0.2) is 20.2 Å². The van der Waals surface area contributed by atoms with E-state index in [9.17, 15) is 4.79 Å². The third-order valence-corrected chi connectivity index (χ3v) is 4.78. The zero-order chi connectivity index (χ0) is 20.0. The first-order valence-corrected chi connectivity index (χ1v) is 9.08. The maximum atomic E-state index is 11.6. The van der Waals surface area contributed by atoms with Crippen LogP contribution in [0.1, 0.15) is 11.1 Å². The minimum atomic E-state index is -0.721. The van der Waals surface area contributed by atoms with Gasteiger partial charge in [-0.25, -0.2) is 4.79 Å². The van der Waals surface area contributed by atoms with E-state index in [-0.39, 0.29) is 12.2 Å². The van der Waals surface area contributed by atoms with Crippen LogP contribution in [0.2, 0.25) is 10.0 Å². The van der Waals surface area contributed by atoms with Crippen LogP contribution < -0.4 is 9.47 Å². The smallest absolute Gasteiger partial charge is 0.348 e. The largest absolute Gasteiger partial charge is 0.493 e. The first kappa shape index (κ1) is 21.1. The Morgan fingerprint density at radius 1 is 1.22 bits per heavy atom. The fraction of sp³-hybridized carbons (Fsp3) is 0.158. The zero-order valence-electron chi connectivity index (χ0n) is 14.4. The summed E-state index contributed by atoms with van der Waals surface area (Å²) in [6.45, 7) is 0.208. The molecule has 27 heavy (non-hydrogen) atoms. The molecule has 0 aliphatic carbocycles. The Morgan fingerprint density at radius 3 is 2.56 bits per heavy atom. The zero-order valence-corrected chi connectivity index (χ0v) is 17.5. The van der Waals surface area contributed by atoms with Crippen LogP contribution >= 0.6 is 39.1 Å². The maximum absolute atomic E-state index is 11.6. The lowest BCUT2D eigenvalue weighted by Crippen LogP contribution is -2.03. The standard InChI is InChI=1S/C19H14BrCl2NO4/c1-25-17-6-12(5-13(9-23)19(24)26-2)15(20)8-18(17)27-10-11-3-4-14(21)7-16(11)22/h3-8H,10H2,1-2H3. The number of hydrogen-bond donors (Lipinski definition) is 0. The van der Waals surface area contributed by atoms with Crippen LogP contribution in [0.15, 0.2) is 40.4 Å². The summed E-state index contributed by atoms with van der Waals surface area (Å²) >= 11 is 15.5. The van der Waals surface area contributed by atoms with Crippen LogP contribution in [0.4, 0.5) is 0 Å². The molecule has 0 spiro atoms. The number of halogens is 3. The molecule has 8 heteroatoms. The Balaban J connectivity index is 2.31. The maximum Gasteiger partial charge on any atom is 0.348 e. The minimum Gasteiger partial charge on any atom is -0.493 e. The second kappa shape index (κ2) is 9.65. The lowest BCUT2D eigenvalue weighted by Gasteiger charge is -2.14. The number of carbonyl (C=O) groups is 1. The van der Waals surface area contributed by atoms with Gasteiger partial charge in [-0.05, 0) is 35.9 Å². The van der Waals surface area contributed by atoms with Crippen LogP contribution in [0.25, 0.3) is 6.08 Å². The molecule has 0 aromatic heterocycles. The molecular formula is C19H14BrCl2NO4. The molecule has 0 aliphatic rings. The second-order valence-corrected chi connectivity index (χ2v) is 6.91. The van der Waals surface area contributed by atoms with Gasteiger partial charge in [0.15, 0.2) is 11.5 Å². The van der Waals surface area contributed by atoms with E-state index in [1.165, 1.54) is 20.3 Å². The van der Waals surface area contributed by atoms with Crippen molar-refractivity contribution in [1.82, 2.24) is 0 Å². The van der Waals surface area contributed by atoms with Crippen molar-refractivity contribution in [2.24, 2.45) is 0 Å². The molecule has 0 amide bonds. The lowest BCUT2D eigenvalue weighted by molar-refractivity contribution is -0.135. The monoisotopic (exact) mass is 469 g/mol. The van der Waals surface area contributed by atoms with Crippen molar-refractivity contribution >= 4 is 51.2 Å². The molecule has 0 atom stereocenters. The number of hydrogen-bond acceptors (Lipinski definition) is 5. The molecule has 140 valence electrons. The van der Waals surface area contributed by atoms with Crippen molar-refractivity contribution in [2.75, 3.05) is 14.2 Å². The Morgan fingerprint density at radius 2 is 1.96 bits per heavy atom. The summed E-state index contributed by atoms with van der Waals surface area (Å²) in [4.78, 5) is 11.6. The summed E-state index contributed by atoms with van der Waals surface area (Å²) in [5.74, 6) is 0.168. The average molecular weight is 471 g/mol. The molecule has 2 rings (SSSR count). The van der Waals surface area contributed by atoms with Crippen molar-refractivity contribution in [3.05, 3.63) is 61.5 Å². The number of nitrogens with zero attached hydrogens (tertiary/aromatic N) is 1. The molecule has 0 N–H and O–H groups in total. The fourth-order valence-corrected chi connectivity index (χ4v) is 3.03. The number of esters is 1. The predicted molar refractivity (Wildman–Crippen MR) is 107 cm³/mol. The summed E-state index contributed by atoms with van der Waals surface area (Å²) in [6.07, 6.45) is 1.40. The number of carbonyl (C=O) groups excluding carboxylic acids is 1. The minimum absolute atomic E-state index is 0.137. The molecule has 0 fully saturated rings. The van der Waals surface area contributed by atoms with E-state index in [0.29, 0.717) is 31.6 Å². The van der Waals surface area contributed by atoms with Gasteiger partial charge in [-0.2, -0.15) is 5.26 Å². The van der Waals surface area contributed by atoms with Crippen LogP contribution in [0.3, 0.4) is 0 Å².